The lowest BCUT2D eigenvalue weighted by atomic mass is 10.3. The molecule has 0 spiro atoms. The topological polar surface area (TPSA) is 55.8 Å². The minimum atomic E-state index is 0.531. The van der Waals surface area contributed by atoms with Crippen molar-refractivity contribution in [1.82, 2.24) is 9.38 Å². The van der Waals surface area contributed by atoms with E-state index in [1.54, 1.807) is 6.20 Å². The average molecular weight is 218 g/mol. The lowest BCUT2D eigenvalue weighted by Gasteiger charge is -2.28. The number of aromatic nitrogens is 2. The third-order valence-corrected chi connectivity index (χ3v) is 2.92. The lowest BCUT2D eigenvalue weighted by molar-refractivity contribution is 0.122. The van der Waals surface area contributed by atoms with Gasteiger partial charge in [-0.25, -0.2) is 4.98 Å². The Morgan fingerprint density at radius 3 is 2.94 bits per heavy atom. The summed E-state index contributed by atoms with van der Waals surface area (Å²) in [5, 5.41) is 0. The molecule has 16 heavy (non-hydrogen) atoms. The van der Waals surface area contributed by atoms with Crippen molar-refractivity contribution in [3.63, 3.8) is 0 Å². The summed E-state index contributed by atoms with van der Waals surface area (Å²) in [5.74, 6) is 0.531. The second kappa shape index (κ2) is 3.68. The van der Waals surface area contributed by atoms with Crippen molar-refractivity contribution >= 4 is 17.2 Å². The quantitative estimate of drug-likeness (QED) is 0.767. The second-order valence-electron chi connectivity index (χ2n) is 3.90. The first kappa shape index (κ1) is 9.47. The SMILES string of the molecule is Nc1ncc2cc(N3CCOCC3)ccn12. The van der Waals surface area contributed by atoms with Gasteiger partial charge in [-0.15, -0.1) is 0 Å². The molecule has 0 unspecified atom stereocenters. The van der Waals surface area contributed by atoms with Crippen LogP contribution in [-0.2, 0) is 4.74 Å². The molecule has 0 aromatic carbocycles. The number of hydrogen-bond acceptors (Lipinski definition) is 4. The molecule has 3 rings (SSSR count). The summed E-state index contributed by atoms with van der Waals surface area (Å²) >= 11 is 0. The van der Waals surface area contributed by atoms with E-state index in [0.29, 0.717) is 5.95 Å². The fourth-order valence-electron chi connectivity index (χ4n) is 2.03. The van der Waals surface area contributed by atoms with Gasteiger partial charge in [0.1, 0.15) is 0 Å². The van der Waals surface area contributed by atoms with Crippen LogP contribution in [0, 0.1) is 0 Å². The molecule has 1 aliphatic heterocycles. The first-order valence-electron chi connectivity index (χ1n) is 5.40. The zero-order valence-electron chi connectivity index (χ0n) is 8.97. The van der Waals surface area contributed by atoms with Crippen LogP contribution in [0.2, 0.25) is 0 Å². The number of imidazole rings is 1. The van der Waals surface area contributed by atoms with Crippen molar-refractivity contribution in [3.8, 4) is 0 Å². The number of morpholine rings is 1. The van der Waals surface area contributed by atoms with E-state index < -0.39 is 0 Å². The van der Waals surface area contributed by atoms with Crippen molar-refractivity contribution in [2.75, 3.05) is 36.9 Å². The molecule has 1 aliphatic rings. The summed E-state index contributed by atoms with van der Waals surface area (Å²) < 4.78 is 7.21. The fourth-order valence-corrected chi connectivity index (χ4v) is 2.03. The third-order valence-electron chi connectivity index (χ3n) is 2.92. The molecule has 1 saturated heterocycles. The molecule has 5 nitrogen and oxygen atoms in total. The van der Waals surface area contributed by atoms with Crippen LogP contribution in [-0.4, -0.2) is 35.7 Å². The molecule has 0 atom stereocenters. The van der Waals surface area contributed by atoms with E-state index in [1.807, 2.05) is 10.6 Å². The van der Waals surface area contributed by atoms with Gasteiger partial charge in [0.2, 0.25) is 5.95 Å². The molecule has 0 bridgehead atoms. The van der Waals surface area contributed by atoms with Crippen LogP contribution in [0.3, 0.4) is 0 Å². The van der Waals surface area contributed by atoms with Crippen LogP contribution in [0.1, 0.15) is 0 Å². The van der Waals surface area contributed by atoms with Crippen LogP contribution in [0.25, 0.3) is 5.52 Å². The molecule has 2 aromatic rings. The Kier molecular flexibility index (Phi) is 2.18. The van der Waals surface area contributed by atoms with Gasteiger partial charge in [0.25, 0.3) is 0 Å². The molecule has 2 aromatic heterocycles. The molecule has 1 fully saturated rings. The van der Waals surface area contributed by atoms with Gasteiger partial charge in [0.05, 0.1) is 24.9 Å². The smallest absolute Gasteiger partial charge is 0.204 e. The number of nitrogen functional groups attached to an aromatic ring is 1. The highest BCUT2D eigenvalue weighted by atomic mass is 16.5. The van der Waals surface area contributed by atoms with E-state index in [1.165, 1.54) is 5.69 Å². The summed E-state index contributed by atoms with van der Waals surface area (Å²) in [7, 11) is 0. The van der Waals surface area contributed by atoms with E-state index in [-0.39, 0.29) is 0 Å². The van der Waals surface area contributed by atoms with Gasteiger partial charge in [0.15, 0.2) is 0 Å². The Balaban J connectivity index is 1.97. The summed E-state index contributed by atoms with van der Waals surface area (Å²) in [6.07, 6.45) is 3.75. The van der Waals surface area contributed by atoms with Crippen molar-refractivity contribution in [2.24, 2.45) is 0 Å². The van der Waals surface area contributed by atoms with E-state index >= 15 is 0 Å². The number of anilines is 2. The normalized spacial score (nSPS) is 16.9. The van der Waals surface area contributed by atoms with Crippen LogP contribution < -0.4 is 10.6 Å². The van der Waals surface area contributed by atoms with Crippen molar-refractivity contribution < 1.29 is 4.74 Å². The molecule has 2 N–H and O–H groups in total. The molecule has 0 amide bonds. The van der Waals surface area contributed by atoms with Gasteiger partial charge in [-0.05, 0) is 12.1 Å². The van der Waals surface area contributed by atoms with E-state index in [4.69, 9.17) is 10.5 Å². The van der Waals surface area contributed by atoms with Gasteiger partial charge in [-0.2, -0.15) is 0 Å². The highest BCUT2D eigenvalue weighted by Gasteiger charge is 2.11. The first-order chi connectivity index (χ1) is 7.84. The minimum absolute atomic E-state index is 0.531. The summed E-state index contributed by atoms with van der Waals surface area (Å²) in [4.78, 5) is 6.39. The van der Waals surface area contributed by atoms with Crippen molar-refractivity contribution in [2.45, 2.75) is 0 Å². The second-order valence-corrected chi connectivity index (χ2v) is 3.90. The molecule has 0 aliphatic carbocycles. The number of nitrogens with zero attached hydrogens (tertiary/aromatic N) is 3. The molecule has 3 heterocycles. The fraction of sp³-hybridized carbons (Fsp3) is 0.364. The number of pyridine rings is 1. The maximum Gasteiger partial charge on any atom is 0.204 e. The summed E-state index contributed by atoms with van der Waals surface area (Å²) in [5.41, 5.74) is 7.96. The first-order valence-corrected chi connectivity index (χ1v) is 5.40. The van der Waals surface area contributed by atoms with E-state index in [2.05, 4.69) is 22.0 Å². The number of rotatable bonds is 1. The van der Waals surface area contributed by atoms with Gasteiger partial charge >= 0.3 is 0 Å². The largest absolute Gasteiger partial charge is 0.378 e. The van der Waals surface area contributed by atoms with Crippen molar-refractivity contribution in [1.29, 1.82) is 0 Å². The Labute approximate surface area is 93.4 Å². The van der Waals surface area contributed by atoms with E-state index in [0.717, 1.165) is 31.8 Å². The number of ether oxygens (including phenoxy) is 1. The van der Waals surface area contributed by atoms with Crippen molar-refractivity contribution in [3.05, 3.63) is 24.5 Å². The highest BCUT2D eigenvalue weighted by Crippen LogP contribution is 2.19. The zero-order chi connectivity index (χ0) is 11.0. The number of hydrogen-bond donors (Lipinski definition) is 1. The monoisotopic (exact) mass is 218 g/mol. The van der Waals surface area contributed by atoms with Crippen LogP contribution in [0.15, 0.2) is 24.5 Å². The molecule has 0 radical (unpaired) electrons. The standard InChI is InChI=1S/C11H14N4O/c12-11-13-8-10-7-9(1-2-15(10)11)14-3-5-16-6-4-14/h1-2,7-8H,3-6H2,(H2,12,13). The number of nitrogens with two attached hydrogens (primary N) is 1. The summed E-state index contributed by atoms with van der Waals surface area (Å²) in [6.45, 7) is 3.48. The van der Waals surface area contributed by atoms with Gasteiger partial charge in [0, 0.05) is 25.0 Å². The Morgan fingerprint density at radius 2 is 2.12 bits per heavy atom. The van der Waals surface area contributed by atoms with Gasteiger partial charge in [-0.3, -0.25) is 4.40 Å². The highest BCUT2D eigenvalue weighted by molar-refractivity contribution is 5.61. The predicted octanol–water partition coefficient (Wildman–Crippen LogP) is 0.753. The number of fused-ring (bicyclic) bond motifs is 1. The third kappa shape index (κ3) is 1.49. The maximum atomic E-state index is 5.72. The zero-order valence-corrected chi connectivity index (χ0v) is 8.97. The lowest BCUT2D eigenvalue weighted by Crippen LogP contribution is -2.36. The molecule has 0 saturated carbocycles. The minimum Gasteiger partial charge on any atom is -0.378 e. The Bertz CT molecular complexity index is 502. The molecule has 5 heteroatoms. The average Bonchev–Trinajstić information content (AvgIpc) is 2.72. The Morgan fingerprint density at radius 1 is 1.31 bits per heavy atom. The molecule has 84 valence electrons. The van der Waals surface area contributed by atoms with Crippen LogP contribution in [0.5, 0.6) is 0 Å². The maximum absolute atomic E-state index is 5.72. The van der Waals surface area contributed by atoms with Gasteiger partial charge in [-0.1, -0.05) is 0 Å². The van der Waals surface area contributed by atoms with Crippen LogP contribution in [0.4, 0.5) is 11.6 Å². The molecular weight excluding hydrogens is 204 g/mol. The van der Waals surface area contributed by atoms with Gasteiger partial charge < -0.3 is 15.4 Å². The molecular formula is C11H14N4O. The Hall–Kier alpha value is -1.75. The predicted molar refractivity (Wildman–Crippen MR) is 62.6 cm³/mol. The van der Waals surface area contributed by atoms with Crippen LogP contribution >= 0.6 is 0 Å². The summed E-state index contributed by atoms with van der Waals surface area (Å²) in [6, 6.07) is 4.17. The van der Waals surface area contributed by atoms with E-state index in [9.17, 15) is 0 Å².